The molecular weight excluding hydrogens is 387 g/mol. The maximum Gasteiger partial charge on any atom is 0.212 e. The monoisotopic (exact) mass is 396 g/mol. The third-order valence-corrected chi connectivity index (χ3v) is 5.14. The number of hydrogen-bond acceptors (Lipinski definition) is 4. The minimum atomic E-state index is 0.532. The van der Waals surface area contributed by atoms with E-state index in [4.69, 9.17) is 34.8 Å². The van der Waals surface area contributed by atoms with Gasteiger partial charge in [-0.3, -0.25) is 0 Å². The fourth-order valence-corrected chi connectivity index (χ4v) is 3.55. The van der Waals surface area contributed by atoms with Crippen LogP contribution in [0.15, 0.2) is 59.0 Å². The predicted octanol–water partition coefficient (Wildman–Crippen LogP) is 5.41. The smallest absolute Gasteiger partial charge is 0.195 e. The largest absolute Gasteiger partial charge is 0.212 e. The van der Waals surface area contributed by atoms with Crippen molar-refractivity contribution in [3.05, 3.63) is 75.0 Å². The molecule has 24 heavy (non-hydrogen) atoms. The SMILES string of the molecule is Clc1ccccc1CSc1nncn1/N=C\c1c(Cl)cccc1Cl. The summed E-state index contributed by atoms with van der Waals surface area (Å²) >= 11 is 19.9. The second kappa shape index (κ2) is 8.03. The first-order chi connectivity index (χ1) is 11.6. The van der Waals surface area contributed by atoms with Crippen LogP contribution < -0.4 is 0 Å². The zero-order valence-corrected chi connectivity index (χ0v) is 15.3. The van der Waals surface area contributed by atoms with Crippen LogP contribution in [0.1, 0.15) is 11.1 Å². The second-order valence-electron chi connectivity index (χ2n) is 4.72. The molecule has 3 aromatic rings. The summed E-state index contributed by atoms with van der Waals surface area (Å²) in [6, 6.07) is 13.0. The van der Waals surface area contributed by atoms with Crippen molar-refractivity contribution >= 4 is 52.8 Å². The van der Waals surface area contributed by atoms with Gasteiger partial charge in [-0.25, -0.2) is 0 Å². The summed E-state index contributed by atoms with van der Waals surface area (Å²) in [5, 5.41) is 14.7. The number of aromatic nitrogens is 3. The third kappa shape index (κ3) is 4.11. The zero-order chi connectivity index (χ0) is 16.9. The Morgan fingerprint density at radius 3 is 2.46 bits per heavy atom. The Bertz CT molecular complexity index is 859. The number of hydrogen-bond donors (Lipinski definition) is 0. The summed E-state index contributed by atoms with van der Waals surface area (Å²) in [7, 11) is 0. The normalized spacial score (nSPS) is 11.3. The molecular formula is C16H11Cl3N4S. The van der Waals surface area contributed by atoms with Gasteiger partial charge in [-0.15, -0.1) is 10.2 Å². The van der Waals surface area contributed by atoms with E-state index < -0.39 is 0 Å². The number of rotatable bonds is 5. The van der Waals surface area contributed by atoms with Crippen LogP contribution in [0.5, 0.6) is 0 Å². The summed E-state index contributed by atoms with van der Waals surface area (Å²) in [5.41, 5.74) is 1.67. The van der Waals surface area contributed by atoms with Gasteiger partial charge in [0.2, 0.25) is 5.16 Å². The number of thioether (sulfide) groups is 1. The van der Waals surface area contributed by atoms with E-state index in [1.165, 1.54) is 18.1 Å². The standard InChI is InChI=1S/C16H11Cl3N4S/c17-13-5-2-1-4-11(13)9-24-16-22-20-10-23(16)21-8-12-14(18)6-3-7-15(12)19/h1-8,10H,9H2/b21-8-. The maximum absolute atomic E-state index is 6.17. The first-order valence-electron chi connectivity index (χ1n) is 6.90. The van der Waals surface area contributed by atoms with E-state index >= 15 is 0 Å². The molecule has 3 rings (SSSR count). The van der Waals surface area contributed by atoms with Gasteiger partial charge >= 0.3 is 0 Å². The van der Waals surface area contributed by atoms with Crippen LogP contribution >= 0.6 is 46.6 Å². The summed E-state index contributed by atoms with van der Waals surface area (Å²) in [5.74, 6) is 0.667. The lowest BCUT2D eigenvalue weighted by Crippen LogP contribution is -1.94. The van der Waals surface area contributed by atoms with Crippen molar-refractivity contribution in [2.24, 2.45) is 5.10 Å². The van der Waals surface area contributed by atoms with Gasteiger partial charge in [-0.2, -0.15) is 9.78 Å². The molecule has 4 nitrogen and oxygen atoms in total. The maximum atomic E-state index is 6.17. The highest BCUT2D eigenvalue weighted by Gasteiger charge is 2.07. The molecule has 0 N–H and O–H groups in total. The van der Waals surface area contributed by atoms with E-state index in [2.05, 4.69) is 15.3 Å². The van der Waals surface area contributed by atoms with E-state index in [-0.39, 0.29) is 0 Å². The van der Waals surface area contributed by atoms with Crippen molar-refractivity contribution in [3.8, 4) is 0 Å². The first-order valence-corrected chi connectivity index (χ1v) is 9.01. The third-order valence-electron chi connectivity index (χ3n) is 3.13. The van der Waals surface area contributed by atoms with Crippen molar-refractivity contribution in [3.63, 3.8) is 0 Å². The molecule has 0 fully saturated rings. The Balaban J connectivity index is 1.76. The molecule has 2 aromatic carbocycles. The Labute approximate surface area is 158 Å². The lowest BCUT2D eigenvalue weighted by atomic mass is 10.2. The fraction of sp³-hybridized carbons (Fsp3) is 0.0625. The molecule has 8 heteroatoms. The lowest BCUT2D eigenvalue weighted by molar-refractivity contribution is 0.767. The summed E-state index contributed by atoms with van der Waals surface area (Å²) in [6.45, 7) is 0. The van der Waals surface area contributed by atoms with E-state index in [9.17, 15) is 0 Å². The van der Waals surface area contributed by atoms with Crippen molar-refractivity contribution in [1.82, 2.24) is 14.9 Å². The zero-order valence-electron chi connectivity index (χ0n) is 12.2. The van der Waals surface area contributed by atoms with E-state index in [0.29, 0.717) is 26.5 Å². The van der Waals surface area contributed by atoms with Crippen molar-refractivity contribution in [2.45, 2.75) is 10.9 Å². The highest BCUT2D eigenvalue weighted by atomic mass is 35.5. The molecule has 0 unspecified atom stereocenters. The van der Waals surface area contributed by atoms with E-state index in [1.807, 2.05) is 24.3 Å². The van der Waals surface area contributed by atoms with Gasteiger partial charge in [-0.05, 0) is 23.8 Å². The highest BCUT2D eigenvalue weighted by Crippen LogP contribution is 2.26. The molecule has 0 aliphatic heterocycles. The Hall–Kier alpha value is -1.53. The van der Waals surface area contributed by atoms with Gasteiger partial charge in [0.15, 0.2) is 0 Å². The quantitative estimate of drug-likeness (QED) is 0.427. The average Bonchev–Trinajstić information content (AvgIpc) is 3.01. The molecule has 0 aliphatic carbocycles. The predicted molar refractivity (Wildman–Crippen MR) is 100 cm³/mol. The van der Waals surface area contributed by atoms with Crippen LogP contribution in [0.25, 0.3) is 0 Å². The molecule has 0 spiro atoms. The van der Waals surface area contributed by atoms with Gasteiger partial charge in [0, 0.05) is 16.3 Å². The molecule has 1 heterocycles. The van der Waals surface area contributed by atoms with Crippen molar-refractivity contribution < 1.29 is 0 Å². The fourth-order valence-electron chi connectivity index (χ4n) is 1.91. The van der Waals surface area contributed by atoms with Gasteiger partial charge in [0.25, 0.3) is 0 Å². The number of halogens is 3. The Kier molecular flexibility index (Phi) is 5.79. The number of benzene rings is 2. The van der Waals surface area contributed by atoms with Crippen molar-refractivity contribution in [1.29, 1.82) is 0 Å². The Morgan fingerprint density at radius 1 is 1.00 bits per heavy atom. The molecule has 0 saturated carbocycles. The van der Waals surface area contributed by atoms with Gasteiger partial charge < -0.3 is 0 Å². The molecule has 0 bridgehead atoms. The molecule has 1 aromatic heterocycles. The minimum absolute atomic E-state index is 0.532. The van der Waals surface area contributed by atoms with Gasteiger partial charge in [-0.1, -0.05) is 70.8 Å². The van der Waals surface area contributed by atoms with Crippen LogP contribution in [0.3, 0.4) is 0 Å². The first kappa shape index (κ1) is 17.3. The number of nitrogens with zero attached hydrogens (tertiary/aromatic N) is 4. The van der Waals surface area contributed by atoms with E-state index in [1.54, 1.807) is 29.1 Å². The minimum Gasteiger partial charge on any atom is -0.195 e. The van der Waals surface area contributed by atoms with Crippen LogP contribution in [0, 0.1) is 0 Å². The molecule has 0 amide bonds. The van der Waals surface area contributed by atoms with Crippen LogP contribution in [-0.4, -0.2) is 21.1 Å². The Morgan fingerprint density at radius 2 is 1.71 bits per heavy atom. The van der Waals surface area contributed by atoms with Crippen LogP contribution in [-0.2, 0) is 5.75 Å². The van der Waals surface area contributed by atoms with Crippen LogP contribution in [0.2, 0.25) is 15.1 Å². The topological polar surface area (TPSA) is 43.1 Å². The van der Waals surface area contributed by atoms with Gasteiger partial charge in [0.1, 0.15) is 6.33 Å². The summed E-state index contributed by atoms with van der Waals surface area (Å²) in [6.07, 6.45) is 3.11. The van der Waals surface area contributed by atoms with Crippen molar-refractivity contribution in [2.75, 3.05) is 0 Å². The summed E-state index contributed by atoms with van der Waals surface area (Å²) in [4.78, 5) is 0. The molecule has 0 saturated heterocycles. The second-order valence-corrected chi connectivity index (χ2v) is 6.88. The molecule has 122 valence electrons. The average molecular weight is 398 g/mol. The molecule has 0 atom stereocenters. The highest BCUT2D eigenvalue weighted by molar-refractivity contribution is 7.98. The van der Waals surface area contributed by atoms with E-state index in [0.717, 1.165) is 10.6 Å². The molecule has 0 radical (unpaired) electrons. The molecule has 0 aliphatic rings. The lowest BCUT2D eigenvalue weighted by Gasteiger charge is -2.04. The van der Waals surface area contributed by atoms with Crippen LogP contribution in [0.4, 0.5) is 0 Å². The van der Waals surface area contributed by atoms with Gasteiger partial charge in [0.05, 0.1) is 16.3 Å². The summed E-state index contributed by atoms with van der Waals surface area (Å²) < 4.78 is 1.57.